The van der Waals surface area contributed by atoms with E-state index >= 15 is 4.79 Å². The van der Waals surface area contributed by atoms with Crippen molar-refractivity contribution < 1.29 is 29.3 Å². The van der Waals surface area contributed by atoms with Gasteiger partial charge in [-0.2, -0.15) is 0 Å². The molecule has 6 N–H and O–H groups in total. The lowest BCUT2D eigenvalue weighted by Gasteiger charge is -2.60. The number of methoxy groups -OCH3 is 2. The Morgan fingerprint density at radius 3 is 2.60 bits per heavy atom. The van der Waals surface area contributed by atoms with Gasteiger partial charge in [0.2, 0.25) is 0 Å². The second-order valence-corrected chi connectivity index (χ2v) is 17.0. The van der Waals surface area contributed by atoms with E-state index in [4.69, 9.17) is 15.3 Å². The van der Waals surface area contributed by atoms with Crippen LogP contribution in [0.5, 0.6) is 5.75 Å². The SMILES string of the molecule is CC[C@]1(O)C[C@H]2C[C@](C(=O)OC)(c3cc4c(cc3OC)N(C)[C@@H]3[C@]45CCN4CC=C[C@@](C)(C[C@]3(O)C(=O)NN)[C@H]45)c3[nH]c4ccccc4c3CCN2C1. The summed E-state index contributed by atoms with van der Waals surface area (Å²) in [4.78, 5) is 39.6. The molecule has 3 fully saturated rings. The fourth-order valence-electron chi connectivity index (χ4n) is 12.6. The molecule has 6 aliphatic rings. The van der Waals surface area contributed by atoms with Crippen LogP contribution in [0.3, 0.4) is 0 Å². The minimum atomic E-state index is -1.82. The number of nitrogens with zero attached hydrogens (tertiary/aromatic N) is 3. The van der Waals surface area contributed by atoms with E-state index in [2.05, 4.69) is 56.3 Å². The molecule has 1 spiro atoms. The number of hydrazine groups is 1. The summed E-state index contributed by atoms with van der Waals surface area (Å²) in [6.45, 7) is 7.02. The highest BCUT2D eigenvalue weighted by Crippen LogP contribution is 2.67. The van der Waals surface area contributed by atoms with Crippen molar-refractivity contribution in [2.75, 3.05) is 52.3 Å². The highest BCUT2D eigenvalue weighted by atomic mass is 16.5. The highest BCUT2D eigenvalue weighted by molar-refractivity contribution is 5.95. The van der Waals surface area contributed by atoms with Gasteiger partial charge in [0.15, 0.2) is 5.60 Å². The topological polar surface area (TPSA) is 157 Å². The predicted molar refractivity (Wildman–Crippen MR) is 201 cm³/mol. The number of H-pyrrole nitrogens is 1. The molecule has 8 atom stereocenters. The Bertz CT molecular complexity index is 2070. The van der Waals surface area contributed by atoms with E-state index in [0.717, 1.165) is 53.0 Å². The number of hydrogen-bond donors (Lipinski definition) is 5. The van der Waals surface area contributed by atoms with E-state index in [9.17, 15) is 15.0 Å². The molecule has 9 rings (SSSR count). The van der Waals surface area contributed by atoms with Crippen LogP contribution in [0.15, 0.2) is 48.6 Å². The maximum absolute atomic E-state index is 15.1. The Kier molecular flexibility index (Phi) is 7.57. The first-order valence-electron chi connectivity index (χ1n) is 19.1. The number of aromatic nitrogens is 1. The number of rotatable bonds is 5. The number of esters is 1. The van der Waals surface area contributed by atoms with E-state index in [1.165, 1.54) is 7.11 Å². The number of nitrogens with two attached hydrogens (primary N) is 1. The van der Waals surface area contributed by atoms with Crippen molar-refractivity contribution in [3.63, 3.8) is 0 Å². The first-order valence-corrected chi connectivity index (χ1v) is 19.1. The van der Waals surface area contributed by atoms with Gasteiger partial charge in [-0.25, -0.2) is 5.84 Å². The van der Waals surface area contributed by atoms with E-state index in [0.29, 0.717) is 50.0 Å². The third-order valence-corrected chi connectivity index (χ3v) is 14.5. The monoisotopic (exact) mass is 724 g/mol. The highest BCUT2D eigenvalue weighted by Gasteiger charge is 2.74. The quantitative estimate of drug-likeness (QED) is 0.0872. The van der Waals surface area contributed by atoms with Crippen molar-refractivity contribution in [2.24, 2.45) is 11.3 Å². The Morgan fingerprint density at radius 1 is 1.08 bits per heavy atom. The maximum atomic E-state index is 15.1. The molecular weight excluding hydrogens is 672 g/mol. The summed E-state index contributed by atoms with van der Waals surface area (Å²) < 4.78 is 12.2. The van der Waals surface area contributed by atoms with Gasteiger partial charge < -0.3 is 29.6 Å². The van der Waals surface area contributed by atoms with E-state index in [1.54, 1.807) is 7.11 Å². The number of ether oxygens (including phenoxy) is 2. The molecule has 5 aliphatic heterocycles. The second-order valence-electron chi connectivity index (χ2n) is 17.0. The number of nitrogens with one attached hydrogen (secondary N) is 2. The molecule has 0 bridgehead atoms. The average molecular weight is 725 g/mol. The molecule has 1 amide bonds. The second kappa shape index (κ2) is 11.5. The smallest absolute Gasteiger partial charge is 0.322 e. The van der Waals surface area contributed by atoms with E-state index < -0.39 is 45.4 Å². The van der Waals surface area contributed by atoms with Crippen LogP contribution in [-0.4, -0.2) is 114 Å². The predicted octanol–water partition coefficient (Wildman–Crippen LogP) is 2.63. The molecule has 12 nitrogen and oxygen atoms in total. The molecule has 1 aliphatic carbocycles. The fraction of sp³-hybridized carbons (Fsp3) is 0.561. The molecular formula is C41H52N6O6. The van der Waals surface area contributed by atoms with Crippen molar-refractivity contribution in [3.8, 4) is 5.75 Å². The normalized spacial score (nSPS) is 37.3. The van der Waals surface area contributed by atoms with Gasteiger partial charge in [0.25, 0.3) is 5.91 Å². The minimum Gasteiger partial charge on any atom is -0.496 e. The number of aliphatic hydroxyl groups is 2. The molecule has 0 radical (unpaired) electrons. The zero-order valence-corrected chi connectivity index (χ0v) is 31.4. The molecule has 3 aromatic rings. The number of hydrogen-bond acceptors (Lipinski definition) is 10. The Morgan fingerprint density at radius 2 is 1.87 bits per heavy atom. The van der Waals surface area contributed by atoms with Gasteiger partial charge in [-0.3, -0.25) is 24.8 Å². The first kappa shape index (κ1) is 34.8. The van der Waals surface area contributed by atoms with Crippen LogP contribution in [0.1, 0.15) is 68.3 Å². The van der Waals surface area contributed by atoms with Gasteiger partial charge in [-0.05, 0) is 68.3 Å². The van der Waals surface area contributed by atoms with Crippen molar-refractivity contribution in [1.29, 1.82) is 0 Å². The zero-order valence-electron chi connectivity index (χ0n) is 31.4. The van der Waals surface area contributed by atoms with Crippen LogP contribution in [-0.2, 0) is 31.6 Å². The lowest BCUT2D eigenvalue weighted by atomic mass is 9.50. The van der Waals surface area contributed by atoms with Crippen LogP contribution in [0.2, 0.25) is 0 Å². The Hall–Kier alpha value is -3.94. The molecule has 2 aromatic carbocycles. The fourth-order valence-corrected chi connectivity index (χ4v) is 12.6. The minimum absolute atomic E-state index is 0.0271. The van der Waals surface area contributed by atoms with Crippen LogP contribution in [0.25, 0.3) is 10.9 Å². The lowest BCUT2D eigenvalue weighted by Crippen LogP contribution is -2.75. The first-order chi connectivity index (χ1) is 25.3. The molecule has 1 aromatic heterocycles. The summed E-state index contributed by atoms with van der Waals surface area (Å²) in [6, 6.07) is 11.5. The van der Waals surface area contributed by atoms with E-state index in [1.807, 2.05) is 38.2 Å². The number of aromatic amines is 1. The number of carbonyl (C=O) groups is 2. The number of carbonyl (C=O) groups excluding carboxylic acids is 2. The summed E-state index contributed by atoms with van der Waals surface area (Å²) in [5.41, 5.74) is 2.32. The number of para-hydroxylation sites is 1. The molecule has 12 heteroatoms. The van der Waals surface area contributed by atoms with Crippen LogP contribution in [0.4, 0.5) is 5.69 Å². The van der Waals surface area contributed by atoms with Crippen molar-refractivity contribution in [2.45, 2.75) is 92.5 Å². The molecule has 2 saturated heterocycles. The van der Waals surface area contributed by atoms with Gasteiger partial charge in [0.05, 0.1) is 25.9 Å². The van der Waals surface area contributed by atoms with Crippen molar-refractivity contribution in [1.82, 2.24) is 20.2 Å². The maximum Gasteiger partial charge on any atom is 0.322 e. The molecule has 0 unspecified atom stereocenters. The third kappa shape index (κ3) is 4.35. The molecule has 6 heterocycles. The number of likely N-dealkylation sites (N-methyl/N-ethyl adjacent to an activating group) is 1. The van der Waals surface area contributed by atoms with Crippen LogP contribution >= 0.6 is 0 Å². The summed E-state index contributed by atoms with van der Waals surface area (Å²) in [7, 11) is 5.02. The molecule has 282 valence electrons. The van der Waals surface area contributed by atoms with Crippen molar-refractivity contribution in [3.05, 3.63) is 70.9 Å². The van der Waals surface area contributed by atoms with Gasteiger partial charge in [0, 0.05) is 83.5 Å². The van der Waals surface area contributed by atoms with Crippen molar-refractivity contribution >= 4 is 28.5 Å². The number of anilines is 1. The number of amides is 1. The lowest BCUT2D eigenvalue weighted by molar-refractivity contribution is -0.158. The summed E-state index contributed by atoms with van der Waals surface area (Å²) in [5, 5.41) is 25.5. The summed E-state index contributed by atoms with van der Waals surface area (Å²) in [6.07, 6.45) is 7.42. The summed E-state index contributed by atoms with van der Waals surface area (Å²) in [5.74, 6) is 5.34. The zero-order chi connectivity index (χ0) is 37.3. The Labute approximate surface area is 310 Å². The summed E-state index contributed by atoms with van der Waals surface area (Å²) >= 11 is 0. The number of benzene rings is 2. The van der Waals surface area contributed by atoms with E-state index in [-0.39, 0.29) is 18.5 Å². The van der Waals surface area contributed by atoms with Gasteiger partial charge in [0.1, 0.15) is 11.2 Å². The van der Waals surface area contributed by atoms with Gasteiger partial charge in [-0.15, -0.1) is 0 Å². The third-order valence-electron chi connectivity index (χ3n) is 14.5. The van der Waals surface area contributed by atoms with Gasteiger partial charge >= 0.3 is 5.97 Å². The molecule has 53 heavy (non-hydrogen) atoms. The standard InChI is InChI=1S/C41H52N6O6/c1-6-38(50)20-24-21-40(36(49)53-5,32-26(12-16-47(24)23-38)25-10-7-8-11-29(25)43-32)28-18-27-30(19-31(28)52-4)45(3)34-39(27)14-17-46-15-9-13-37(2,33(39)46)22-41(34,51)35(48)44-42/h7-11,13,18-19,24,33-34,43,50-51H,6,12,14-17,20-23,42H2,1-5H3,(H,44,48)/t24-,33-,34+,37-,38-,39+,40-,41+/m0/s1. The Balaban J connectivity index is 1.35. The average Bonchev–Trinajstić information content (AvgIpc) is 3.88. The van der Waals surface area contributed by atoms with Gasteiger partial charge in [-0.1, -0.05) is 44.2 Å². The largest absolute Gasteiger partial charge is 0.496 e. The number of fused-ring (bicyclic) bond motifs is 5. The van der Waals surface area contributed by atoms with Crippen LogP contribution in [0, 0.1) is 5.41 Å². The molecule has 1 saturated carbocycles. The van der Waals surface area contributed by atoms with Crippen LogP contribution < -0.4 is 20.9 Å².